The summed E-state index contributed by atoms with van der Waals surface area (Å²) >= 11 is 1.36. The standard InChI is InChI=1S/C22H20N4O3S/c1-26(2)16-9-7-14(8-10-16)12-23-25-22-24-18(13-30-22)17-11-15-5-4-6-19(28-3)20(15)29-21(17)27/h4-13H,1-3H3,(H,24,25). The van der Waals surface area contributed by atoms with Gasteiger partial charge in [-0.15, -0.1) is 11.3 Å². The first kappa shape index (κ1) is 19.7. The van der Waals surface area contributed by atoms with Gasteiger partial charge in [-0.05, 0) is 29.8 Å². The first-order valence-corrected chi connectivity index (χ1v) is 10.1. The highest BCUT2D eigenvalue weighted by atomic mass is 32.1. The van der Waals surface area contributed by atoms with Gasteiger partial charge in [-0.1, -0.05) is 24.3 Å². The van der Waals surface area contributed by atoms with E-state index in [1.807, 2.05) is 55.4 Å². The Morgan fingerprint density at radius 2 is 2.00 bits per heavy atom. The van der Waals surface area contributed by atoms with Crippen LogP contribution in [0.3, 0.4) is 0 Å². The van der Waals surface area contributed by atoms with Crippen molar-refractivity contribution in [3.8, 4) is 17.0 Å². The highest BCUT2D eigenvalue weighted by Crippen LogP contribution is 2.29. The van der Waals surface area contributed by atoms with E-state index in [1.165, 1.54) is 18.4 Å². The van der Waals surface area contributed by atoms with Crippen LogP contribution in [0.25, 0.3) is 22.2 Å². The summed E-state index contributed by atoms with van der Waals surface area (Å²) in [5, 5.41) is 7.37. The molecule has 0 amide bonds. The Labute approximate surface area is 177 Å². The molecule has 4 aromatic rings. The number of rotatable bonds is 6. The highest BCUT2D eigenvalue weighted by Gasteiger charge is 2.13. The maximum atomic E-state index is 12.5. The zero-order valence-corrected chi connectivity index (χ0v) is 17.6. The van der Waals surface area contributed by atoms with Crippen molar-refractivity contribution in [2.24, 2.45) is 5.10 Å². The molecule has 0 saturated carbocycles. The van der Waals surface area contributed by atoms with Crippen LogP contribution < -0.4 is 20.7 Å². The lowest BCUT2D eigenvalue weighted by Crippen LogP contribution is -2.08. The summed E-state index contributed by atoms with van der Waals surface area (Å²) in [5.41, 5.74) is 5.88. The summed E-state index contributed by atoms with van der Waals surface area (Å²) < 4.78 is 10.7. The minimum atomic E-state index is -0.465. The molecule has 4 rings (SSSR count). The fraction of sp³-hybridized carbons (Fsp3) is 0.136. The molecular formula is C22H20N4O3S. The molecule has 0 radical (unpaired) electrons. The number of hydrogen-bond acceptors (Lipinski definition) is 8. The molecule has 152 valence electrons. The lowest BCUT2D eigenvalue weighted by Gasteiger charge is -2.11. The van der Waals surface area contributed by atoms with Crippen LogP contribution in [0.1, 0.15) is 5.56 Å². The molecule has 0 fully saturated rings. The van der Waals surface area contributed by atoms with Gasteiger partial charge in [-0.25, -0.2) is 9.78 Å². The molecule has 0 unspecified atom stereocenters. The molecule has 8 heteroatoms. The van der Waals surface area contributed by atoms with Crippen molar-refractivity contribution in [1.29, 1.82) is 0 Å². The molecule has 2 aromatic heterocycles. The Balaban J connectivity index is 1.53. The number of para-hydroxylation sites is 1. The summed E-state index contributed by atoms with van der Waals surface area (Å²) in [4.78, 5) is 19.0. The molecule has 30 heavy (non-hydrogen) atoms. The van der Waals surface area contributed by atoms with E-state index in [1.54, 1.807) is 23.7 Å². The number of hydrogen-bond donors (Lipinski definition) is 1. The van der Waals surface area contributed by atoms with E-state index in [4.69, 9.17) is 9.15 Å². The first-order chi connectivity index (χ1) is 14.5. The number of fused-ring (bicyclic) bond motifs is 1. The molecular weight excluding hydrogens is 400 g/mol. The van der Waals surface area contributed by atoms with Crippen LogP contribution in [0.2, 0.25) is 0 Å². The molecule has 0 atom stereocenters. The van der Waals surface area contributed by atoms with Crippen LogP contribution in [-0.4, -0.2) is 32.4 Å². The Morgan fingerprint density at radius 3 is 2.73 bits per heavy atom. The Hall–Kier alpha value is -3.65. The molecule has 0 aliphatic rings. The fourth-order valence-electron chi connectivity index (χ4n) is 2.93. The third-order valence-electron chi connectivity index (χ3n) is 4.51. The van der Waals surface area contributed by atoms with Crippen LogP contribution in [0.5, 0.6) is 5.75 Å². The monoisotopic (exact) mass is 420 g/mol. The summed E-state index contributed by atoms with van der Waals surface area (Å²) in [6.07, 6.45) is 1.72. The predicted molar refractivity (Wildman–Crippen MR) is 122 cm³/mol. The molecule has 7 nitrogen and oxygen atoms in total. The van der Waals surface area contributed by atoms with E-state index >= 15 is 0 Å². The molecule has 2 aromatic carbocycles. The summed E-state index contributed by atoms with van der Waals surface area (Å²) in [6, 6.07) is 15.2. The molecule has 0 spiro atoms. The second-order valence-electron chi connectivity index (χ2n) is 6.72. The second kappa shape index (κ2) is 8.38. The first-order valence-electron chi connectivity index (χ1n) is 9.18. The van der Waals surface area contributed by atoms with Gasteiger partial charge >= 0.3 is 5.63 Å². The number of methoxy groups -OCH3 is 1. The number of nitrogens with zero attached hydrogens (tertiary/aromatic N) is 3. The third kappa shape index (κ3) is 4.04. The van der Waals surface area contributed by atoms with Crippen molar-refractivity contribution in [2.75, 3.05) is 31.5 Å². The van der Waals surface area contributed by atoms with Crippen LogP contribution in [0.4, 0.5) is 10.8 Å². The third-order valence-corrected chi connectivity index (χ3v) is 5.25. The van der Waals surface area contributed by atoms with E-state index in [0.29, 0.717) is 27.7 Å². The van der Waals surface area contributed by atoms with Crippen molar-refractivity contribution < 1.29 is 9.15 Å². The van der Waals surface area contributed by atoms with E-state index in [0.717, 1.165) is 16.6 Å². The molecule has 0 bridgehead atoms. The maximum Gasteiger partial charge on any atom is 0.345 e. The van der Waals surface area contributed by atoms with E-state index in [2.05, 4.69) is 15.5 Å². The fourth-order valence-corrected chi connectivity index (χ4v) is 3.59. The van der Waals surface area contributed by atoms with Gasteiger partial charge < -0.3 is 14.1 Å². The number of nitrogens with one attached hydrogen (secondary N) is 1. The minimum absolute atomic E-state index is 0.392. The van der Waals surface area contributed by atoms with Crippen molar-refractivity contribution in [3.63, 3.8) is 0 Å². The average molecular weight is 420 g/mol. The van der Waals surface area contributed by atoms with Crippen molar-refractivity contribution >= 4 is 39.3 Å². The van der Waals surface area contributed by atoms with Crippen LogP contribution in [-0.2, 0) is 0 Å². The quantitative estimate of drug-likeness (QED) is 0.282. The number of hydrazone groups is 1. The molecule has 2 heterocycles. The van der Waals surface area contributed by atoms with Gasteiger partial charge in [-0.2, -0.15) is 5.10 Å². The second-order valence-corrected chi connectivity index (χ2v) is 7.58. The van der Waals surface area contributed by atoms with Gasteiger partial charge in [0.2, 0.25) is 5.13 Å². The van der Waals surface area contributed by atoms with Gasteiger partial charge in [0.15, 0.2) is 11.3 Å². The molecule has 0 aliphatic carbocycles. The van der Waals surface area contributed by atoms with Gasteiger partial charge in [0, 0.05) is 30.5 Å². The van der Waals surface area contributed by atoms with Gasteiger partial charge in [-0.3, -0.25) is 5.43 Å². The summed E-state index contributed by atoms with van der Waals surface area (Å²) in [5.74, 6) is 0.518. The number of aromatic nitrogens is 1. The van der Waals surface area contributed by atoms with E-state index < -0.39 is 5.63 Å². The predicted octanol–water partition coefficient (Wildman–Crippen LogP) is 4.44. The van der Waals surface area contributed by atoms with Gasteiger partial charge in [0.1, 0.15) is 0 Å². The molecule has 1 N–H and O–H groups in total. The summed E-state index contributed by atoms with van der Waals surface area (Å²) in [7, 11) is 5.53. The normalized spacial score (nSPS) is 11.2. The number of thiazole rings is 1. The zero-order chi connectivity index (χ0) is 21.1. The Morgan fingerprint density at radius 1 is 1.20 bits per heavy atom. The lowest BCUT2D eigenvalue weighted by atomic mass is 10.1. The lowest BCUT2D eigenvalue weighted by molar-refractivity contribution is 0.407. The molecule has 0 aliphatic heterocycles. The zero-order valence-electron chi connectivity index (χ0n) is 16.7. The topological polar surface area (TPSA) is 80.0 Å². The molecule has 0 saturated heterocycles. The summed E-state index contributed by atoms with van der Waals surface area (Å²) in [6.45, 7) is 0. The number of ether oxygens (including phenoxy) is 1. The SMILES string of the molecule is COc1cccc2cc(-c3csc(NN=Cc4ccc(N(C)C)cc4)n3)c(=O)oc12. The van der Waals surface area contributed by atoms with Crippen LogP contribution in [0, 0.1) is 0 Å². The van der Waals surface area contributed by atoms with Crippen molar-refractivity contribution in [2.45, 2.75) is 0 Å². The number of benzene rings is 2. The van der Waals surface area contributed by atoms with E-state index in [9.17, 15) is 4.79 Å². The Kier molecular flexibility index (Phi) is 5.49. The van der Waals surface area contributed by atoms with Gasteiger partial charge in [0.25, 0.3) is 0 Å². The largest absolute Gasteiger partial charge is 0.493 e. The smallest absolute Gasteiger partial charge is 0.345 e. The van der Waals surface area contributed by atoms with Crippen molar-refractivity contribution in [3.05, 3.63) is 69.9 Å². The van der Waals surface area contributed by atoms with Crippen molar-refractivity contribution in [1.82, 2.24) is 4.98 Å². The van der Waals surface area contributed by atoms with E-state index in [-0.39, 0.29) is 0 Å². The van der Waals surface area contributed by atoms with Crippen LogP contribution >= 0.6 is 11.3 Å². The minimum Gasteiger partial charge on any atom is -0.493 e. The number of anilines is 2. The highest BCUT2D eigenvalue weighted by molar-refractivity contribution is 7.14. The van der Waals surface area contributed by atoms with Crippen LogP contribution in [0.15, 0.2) is 68.2 Å². The van der Waals surface area contributed by atoms with Gasteiger partial charge in [0.05, 0.1) is 24.6 Å². The average Bonchev–Trinajstić information content (AvgIpc) is 3.22. The maximum absolute atomic E-state index is 12.5. The Bertz CT molecular complexity index is 1260.